The molecule has 0 atom stereocenters. The molecule has 3 rings (SSSR count). The summed E-state index contributed by atoms with van der Waals surface area (Å²) in [6.45, 7) is 5.84. The third-order valence-corrected chi connectivity index (χ3v) is 4.50. The first-order valence-electron chi connectivity index (χ1n) is 9.13. The van der Waals surface area contributed by atoms with Crippen molar-refractivity contribution >= 4 is 23.2 Å². The maximum atomic E-state index is 12.7. The minimum atomic E-state index is -0.306. The lowest BCUT2D eigenvalue weighted by Crippen LogP contribution is -2.15. The van der Waals surface area contributed by atoms with Crippen LogP contribution in [0.15, 0.2) is 42.5 Å². The average molecular weight is 392 g/mol. The number of rotatable bonds is 6. The molecule has 150 valence electrons. The fraction of sp³-hybridized carbons (Fsp3) is 0.227. The van der Waals surface area contributed by atoms with Crippen LogP contribution in [-0.2, 0) is 0 Å². The molecule has 7 heteroatoms. The number of hydrogen-bond acceptors (Lipinski definition) is 6. The van der Waals surface area contributed by atoms with Crippen molar-refractivity contribution in [1.29, 1.82) is 0 Å². The molecule has 3 aromatic rings. The van der Waals surface area contributed by atoms with E-state index < -0.39 is 0 Å². The molecule has 0 bridgehead atoms. The molecule has 0 aliphatic carbocycles. The summed E-state index contributed by atoms with van der Waals surface area (Å²) in [5, 5.41) is 5.99. The lowest BCUT2D eigenvalue weighted by Gasteiger charge is -2.13. The number of carbonyl (C=O) groups is 1. The highest BCUT2D eigenvalue weighted by molar-refractivity contribution is 6.03. The minimum absolute atomic E-state index is 0.264. The summed E-state index contributed by atoms with van der Waals surface area (Å²) in [6, 6.07) is 12.8. The van der Waals surface area contributed by atoms with Gasteiger partial charge in [-0.2, -0.15) is 0 Å². The van der Waals surface area contributed by atoms with Gasteiger partial charge >= 0.3 is 0 Å². The first kappa shape index (κ1) is 20.1. The number of hydrogen-bond donors (Lipinski definition) is 2. The van der Waals surface area contributed by atoms with Crippen molar-refractivity contribution in [2.45, 2.75) is 20.8 Å². The Balaban J connectivity index is 1.86. The molecule has 29 heavy (non-hydrogen) atoms. The number of nitrogens with one attached hydrogen (secondary N) is 2. The van der Waals surface area contributed by atoms with Crippen molar-refractivity contribution < 1.29 is 14.3 Å². The lowest BCUT2D eigenvalue weighted by atomic mass is 10.1. The van der Waals surface area contributed by atoms with Crippen LogP contribution in [-0.4, -0.2) is 30.1 Å². The Hall–Kier alpha value is -3.61. The molecule has 0 aliphatic rings. The zero-order valence-corrected chi connectivity index (χ0v) is 17.2. The van der Waals surface area contributed by atoms with Gasteiger partial charge in [-0.15, -0.1) is 0 Å². The summed E-state index contributed by atoms with van der Waals surface area (Å²) in [5.41, 5.74) is 4.56. The van der Waals surface area contributed by atoms with Crippen LogP contribution in [0.1, 0.15) is 27.3 Å². The molecule has 1 amide bonds. The number of aromatic nitrogens is 2. The van der Waals surface area contributed by atoms with Crippen LogP contribution in [0, 0.1) is 20.8 Å². The highest BCUT2D eigenvalue weighted by atomic mass is 16.5. The van der Waals surface area contributed by atoms with Gasteiger partial charge in [0, 0.05) is 17.4 Å². The molecule has 0 spiro atoms. The predicted molar refractivity (Wildman–Crippen MR) is 113 cm³/mol. The minimum Gasteiger partial charge on any atom is -0.497 e. The van der Waals surface area contributed by atoms with Crippen molar-refractivity contribution in [3.8, 4) is 11.5 Å². The molecular formula is C22H24N4O3. The van der Waals surface area contributed by atoms with E-state index in [0.717, 1.165) is 11.3 Å². The summed E-state index contributed by atoms with van der Waals surface area (Å²) < 4.78 is 10.6. The Bertz CT molecular complexity index is 1050. The van der Waals surface area contributed by atoms with E-state index in [1.807, 2.05) is 39.0 Å². The molecule has 0 fully saturated rings. The van der Waals surface area contributed by atoms with Crippen LogP contribution >= 0.6 is 0 Å². The number of ether oxygens (including phenoxy) is 2. The molecule has 0 radical (unpaired) electrons. The molecule has 0 saturated heterocycles. The highest BCUT2D eigenvalue weighted by Crippen LogP contribution is 2.30. The van der Waals surface area contributed by atoms with E-state index in [0.29, 0.717) is 28.8 Å². The van der Waals surface area contributed by atoms with Crippen molar-refractivity contribution in [2.24, 2.45) is 0 Å². The van der Waals surface area contributed by atoms with E-state index in [4.69, 9.17) is 9.47 Å². The summed E-state index contributed by atoms with van der Waals surface area (Å²) in [5.74, 6) is 1.26. The van der Waals surface area contributed by atoms with Crippen molar-refractivity contribution in [3.05, 3.63) is 65.0 Å². The third kappa shape index (κ3) is 4.82. The van der Waals surface area contributed by atoms with Crippen LogP contribution in [0.25, 0.3) is 0 Å². The van der Waals surface area contributed by atoms with Crippen molar-refractivity contribution in [3.63, 3.8) is 0 Å². The van der Waals surface area contributed by atoms with Crippen LogP contribution in [0.3, 0.4) is 0 Å². The second-order valence-corrected chi connectivity index (χ2v) is 6.66. The van der Waals surface area contributed by atoms with Gasteiger partial charge in [0.1, 0.15) is 17.2 Å². The monoisotopic (exact) mass is 392 g/mol. The highest BCUT2D eigenvalue weighted by Gasteiger charge is 2.13. The number of aryl methyl sites for hydroxylation is 3. The summed E-state index contributed by atoms with van der Waals surface area (Å²) in [7, 11) is 3.16. The van der Waals surface area contributed by atoms with Gasteiger partial charge in [0.2, 0.25) is 5.95 Å². The van der Waals surface area contributed by atoms with Crippen LogP contribution in [0.5, 0.6) is 11.5 Å². The zero-order chi connectivity index (χ0) is 21.0. The zero-order valence-electron chi connectivity index (χ0n) is 17.2. The maximum Gasteiger partial charge on any atom is 0.274 e. The van der Waals surface area contributed by atoms with Gasteiger partial charge in [0.15, 0.2) is 0 Å². The first-order chi connectivity index (χ1) is 13.9. The number of methoxy groups -OCH3 is 2. The Labute approximate surface area is 170 Å². The van der Waals surface area contributed by atoms with Gasteiger partial charge in [-0.25, -0.2) is 9.97 Å². The second kappa shape index (κ2) is 8.60. The molecule has 7 nitrogen and oxygen atoms in total. The van der Waals surface area contributed by atoms with E-state index in [1.165, 1.54) is 5.56 Å². The van der Waals surface area contributed by atoms with Gasteiger partial charge in [-0.1, -0.05) is 6.07 Å². The quantitative estimate of drug-likeness (QED) is 0.646. The lowest BCUT2D eigenvalue weighted by molar-refractivity contribution is 0.102. The standard InChI is InChI=1S/C22H24N4O3/c1-13-6-7-16(10-14(13)2)24-21(27)19-11-15(3)23-22(26-19)25-18-12-17(28-4)8-9-20(18)29-5/h6-12H,1-5H3,(H,24,27)(H,23,25,26). The van der Waals surface area contributed by atoms with Gasteiger partial charge in [0.25, 0.3) is 5.91 Å². The third-order valence-electron chi connectivity index (χ3n) is 4.50. The van der Waals surface area contributed by atoms with E-state index in [2.05, 4.69) is 20.6 Å². The van der Waals surface area contributed by atoms with Crippen LogP contribution in [0.4, 0.5) is 17.3 Å². The Morgan fingerprint density at radius 2 is 1.69 bits per heavy atom. The number of nitrogens with zero attached hydrogens (tertiary/aromatic N) is 2. The van der Waals surface area contributed by atoms with Gasteiger partial charge in [-0.05, 0) is 62.2 Å². The molecule has 1 aromatic heterocycles. The smallest absolute Gasteiger partial charge is 0.274 e. The second-order valence-electron chi connectivity index (χ2n) is 6.66. The summed E-state index contributed by atoms with van der Waals surface area (Å²) in [4.78, 5) is 21.5. The van der Waals surface area contributed by atoms with Gasteiger partial charge in [0.05, 0.1) is 19.9 Å². The van der Waals surface area contributed by atoms with Gasteiger partial charge in [-0.3, -0.25) is 4.79 Å². The van der Waals surface area contributed by atoms with Crippen molar-refractivity contribution in [1.82, 2.24) is 9.97 Å². The van der Waals surface area contributed by atoms with E-state index in [1.54, 1.807) is 38.5 Å². The Morgan fingerprint density at radius 3 is 2.38 bits per heavy atom. The summed E-state index contributed by atoms with van der Waals surface area (Å²) in [6.07, 6.45) is 0. The fourth-order valence-electron chi connectivity index (χ4n) is 2.79. The number of carbonyl (C=O) groups excluding carboxylic acids is 1. The molecular weight excluding hydrogens is 368 g/mol. The summed E-state index contributed by atoms with van der Waals surface area (Å²) >= 11 is 0. The number of benzene rings is 2. The Kier molecular flexibility index (Phi) is 5.97. The van der Waals surface area contributed by atoms with E-state index >= 15 is 0 Å². The largest absolute Gasteiger partial charge is 0.497 e. The maximum absolute atomic E-state index is 12.7. The number of amides is 1. The van der Waals surface area contributed by atoms with E-state index in [-0.39, 0.29) is 11.6 Å². The topological polar surface area (TPSA) is 85.4 Å². The molecule has 2 N–H and O–H groups in total. The van der Waals surface area contributed by atoms with Gasteiger partial charge < -0.3 is 20.1 Å². The molecule has 2 aromatic carbocycles. The predicted octanol–water partition coefficient (Wildman–Crippen LogP) is 4.41. The van der Waals surface area contributed by atoms with Crippen LogP contribution < -0.4 is 20.1 Å². The fourth-order valence-corrected chi connectivity index (χ4v) is 2.79. The first-order valence-corrected chi connectivity index (χ1v) is 9.13. The van der Waals surface area contributed by atoms with Crippen LogP contribution in [0.2, 0.25) is 0 Å². The average Bonchev–Trinajstić information content (AvgIpc) is 2.70. The SMILES string of the molecule is COc1ccc(OC)c(Nc2nc(C)cc(C(=O)Nc3ccc(C)c(C)c3)n2)c1. The Morgan fingerprint density at radius 1 is 0.897 bits per heavy atom. The molecule has 0 saturated carbocycles. The normalized spacial score (nSPS) is 10.4. The molecule has 0 aliphatic heterocycles. The molecule has 1 heterocycles. The van der Waals surface area contributed by atoms with Crippen molar-refractivity contribution in [2.75, 3.05) is 24.9 Å². The molecule has 0 unspecified atom stereocenters. The number of anilines is 3. The van der Waals surface area contributed by atoms with E-state index in [9.17, 15) is 4.79 Å².